The van der Waals surface area contributed by atoms with Gasteiger partial charge < -0.3 is 11.2 Å². The van der Waals surface area contributed by atoms with Crippen molar-refractivity contribution in [3.05, 3.63) is 0 Å². The van der Waals surface area contributed by atoms with Gasteiger partial charge in [0.15, 0.2) is 0 Å². The van der Waals surface area contributed by atoms with Crippen LogP contribution in [0.5, 0.6) is 0 Å². The summed E-state index contributed by atoms with van der Waals surface area (Å²) in [5.74, 6) is 0. The number of hydrogen-bond donors (Lipinski definition) is 2. The molecule has 0 spiro atoms. The summed E-state index contributed by atoms with van der Waals surface area (Å²) < 4.78 is 0. The third-order valence-electron chi connectivity index (χ3n) is 0.584. The van der Waals surface area contributed by atoms with E-state index in [1.807, 2.05) is 6.92 Å². The summed E-state index contributed by atoms with van der Waals surface area (Å²) in [6.07, 6.45) is 1.02. The fraction of sp³-hybridized carbons (Fsp3) is 1.00. The van der Waals surface area contributed by atoms with E-state index in [0.29, 0.717) is 5.25 Å². The molecule has 1 unspecified atom stereocenters. The van der Waals surface area contributed by atoms with Crippen LogP contribution in [0.3, 0.4) is 0 Å². The van der Waals surface area contributed by atoms with E-state index in [-0.39, 0.29) is 5.48 Å². The van der Waals surface area contributed by atoms with Gasteiger partial charge in [0.1, 0.15) is 0 Å². The Morgan fingerprint density at radius 1 is 1.71 bits per heavy atom. The third-order valence-corrected chi connectivity index (χ3v) is 0.843. The summed E-state index contributed by atoms with van der Waals surface area (Å²) in [6, 6.07) is 0. The molecule has 0 saturated carbocycles. The number of rotatable bonds is 2. The van der Waals surface area contributed by atoms with E-state index in [9.17, 15) is 0 Å². The number of hydrogen-bond acceptors (Lipinski definition) is 2. The fourth-order valence-electron chi connectivity index (χ4n) is 0.241. The molecule has 0 heterocycles. The van der Waals surface area contributed by atoms with E-state index < -0.39 is 0 Å². The Balaban J connectivity index is 0. The van der Waals surface area contributed by atoms with Crippen molar-refractivity contribution < 1.29 is 5.48 Å². The van der Waals surface area contributed by atoms with Crippen molar-refractivity contribution in [1.82, 2.24) is 0 Å². The van der Waals surface area contributed by atoms with Crippen molar-refractivity contribution >= 4 is 12.6 Å². The van der Waals surface area contributed by atoms with Crippen LogP contribution in [0.25, 0.3) is 0 Å². The molecule has 46 valence electrons. The van der Waals surface area contributed by atoms with Crippen LogP contribution in [0.15, 0.2) is 0 Å². The van der Waals surface area contributed by atoms with Crippen LogP contribution in [0.4, 0.5) is 0 Å². The van der Waals surface area contributed by atoms with Crippen molar-refractivity contribution in [2.24, 2.45) is 5.73 Å². The molecule has 0 saturated heterocycles. The van der Waals surface area contributed by atoms with Gasteiger partial charge in [0.2, 0.25) is 0 Å². The van der Waals surface area contributed by atoms with Gasteiger partial charge in [-0.25, -0.2) is 0 Å². The summed E-state index contributed by atoms with van der Waals surface area (Å²) in [7, 11) is 0. The normalized spacial score (nSPS) is 12.4. The summed E-state index contributed by atoms with van der Waals surface area (Å²) in [6.45, 7) is 2.79. The van der Waals surface area contributed by atoms with Gasteiger partial charge in [-0.1, -0.05) is 6.92 Å². The molecule has 0 aliphatic rings. The maximum atomic E-state index is 5.18. The molecular weight excluding hydrogens is 110 g/mol. The molecule has 7 heavy (non-hydrogen) atoms. The summed E-state index contributed by atoms with van der Waals surface area (Å²) in [5, 5.41) is 0.468. The fourth-order valence-corrected chi connectivity index (χ4v) is 0.390. The molecule has 3 heteroatoms. The lowest BCUT2D eigenvalue weighted by Crippen LogP contribution is -2.03. The van der Waals surface area contributed by atoms with Gasteiger partial charge in [-0.3, -0.25) is 0 Å². The molecule has 0 rings (SSSR count). The zero-order valence-corrected chi connectivity index (χ0v) is 5.41. The minimum absolute atomic E-state index is 0. The maximum absolute atomic E-state index is 5.18. The number of nitrogens with two attached hydrogens (primary N) is 1. The molecule has 0 fully saturated rings. The molecule has 0 aliphatic carbocycles. The highest BCUT2D eigenvalue weighted by Gasteiger charge is 1.86. The maximum Gasteiger partial charge on any atom is 0.0000402 e. The average Bonchev–Trinajstić information content (AvgIpc) is 1.35. The Morgan fingerprint density at radius 2 is 2.14 bits per heavy atom. The van der Waals surface area contributed by atoms with Gasteiger partial charge in [-0.05, 0) is 13.0 Å². The summed E-state index contributed by atoms with van der Waals surface area (Å²) in [5.41, 5.74) is 5.18. The predicted octanol–water partition coefficient (Wildman–Crippen LogP) is -0.171. The second-order valence-electron chi connectivity index (χ2n) is 1.43. The van der Waals surface area contributed by atoms with Gasteiger partial charge in [0.05, 0.1) is 0 Å². The van der Waals surface area contributed by atoms with Crippen LogP contribution in [-0.2, 0) is 0 Å². The zero-order chi connectivity index (χ0) is 4.99. The Bertz CT molecular complexity index is 32.9. The Hall–Kier alpha value is 0.270. The van der Waals surface area contributed by atoms with Gasteiger partial charge in [0.25, 0.3) is 0 Å². The van der Waals surface area contributed by atoms with Crippen LogP contribution in [0.2, 0.25) is 0 Å². The number of thiol groups is 1. The van der Waals surface area contributed by atoms with Crippen LogP contribution < -0.4 is 5.73 Å². The monoisotopic (exact) mass is 123 g/mol. The molecule has 1 atom stereocenters. The third kappa shape index (κ3) is 10.7. The van der Waals surface area contributed by atoms with Crippen molar-refractivity contribution in [1.29, 1.82) is 0 Å². The smallest absolute Gasteiger partial charge is 0.0000402 e. The SMILES string of the molecule is CC(S)CCN.O. The molecule has 4 N–H and O–H groups in total. The first kappa shape index (κ1) is 10.3. The molecule has 0 aromatic carbocycles. The van der Waals surface area contributed by atoms with E-state index in [1.165, 1.54) is 0 Å². The molecule has 0 radical (unpaired) electrons. The highest BCUT2D eigenvalue weighted by Crippen LogP contribution is 1.94. The molecule has 0 aliphatic heterocycles. The average molecular weight is 123 g/mol. The van der Waals surface area contributed by atoms with E-state index >= 15 is 0 Å². The largest absolute Gasteiger partial charge is 0.412 e. The molecular formula is C4H13NOS. The molecule has 0 aromatic rings. The van der Waals surface area contributed by atoms with Gasteiger partial charge in [-0.15, -0.1) is 0 Å². The van der Waals surface area contributed by atoms with E-state index in [4.69, 9.17) is 5.73 Å². The molecule has 2 nitrogen and oxygen atoms in total. The molecule has 0 amide bonds. The molecule has 0 bridgehead atoms. The minimum atomic E-state index is 0. The van der Waals surface area contributed by atoms with E-state index in [2.05, 4.69) is 12.6 Å². The Kier molecular flexibility index (Phi) is 9.22. The highest BCUT2D eigenvalue weighted by atomic mass is 32.1. The lowest BCUT2D eigenvalue weighted by atomic mass is 10.3. The van der Waals surface area contributed by atoms with Gasteiger partial charge >= 0.3 is 0 Å². The van der Waals surface area contributed by atoms with Crippen molar-refractivity contribution in [3.8, 4) is 0 Å². The lowest BCUT2D eigenvalue weighted by molar-refractivity contribution is 0.824. The highest BCUT2D eigenvalue weighted by molar-refractivity contribution is 7.80. The van der Waals surface area contributed by atoms with Crippen molar-refractivity contribution in [2.45, 2.75) is 18.6 Å². The predicted molar refractivity (Wildman–Crippen MR) is 35.7 cm³/mol. The van der Waals surface area contributed by atoms with E-state index in [1.54, 1.807) is 0 Å². The first-order chi connectivity index (χ1) is 2.77. The standard InChI is InChI=1S/C4H11NS.H2O/c1-4(6)2-3-5;/h4,6H,2-3,5H2,1H3;1H2. The van der Waals surface area contributed by atoms with Crippen molar-refractivity contribution in [2.75, 3.05) is 6.54 Å². The zero-order valence-electron chi connectivity index (χ0n) is 4.52. The second kappa shape index (κ2) is 6.27. The Labute approximate surface area is 49.8 Å². The van der Waals surface area contributed by atoms with E-state index in [0.717, 1.165) is 13.0 Å². The first-order valence-corrected chi connectivity index (χ1v) is 2.67. The van der Waals surface area contributed by atoms with Crippen LogP contribution in [-0.4, -0.2) is 17.3 Å². The van der Waals surface area contributed by atoms with Crippen LogP contribution in [0, 0.1) is 0 Å². The van der Waals surface area contributed by atoms with Crippen molar-refractivity contribution in [3.63, 3.8) is 0 Å². The van der Waals surface area contributed by atoms with Crippen LogP contribution in [0.1, 0.15) is 13.3 Å². The Morgan fingerprint density at radius 3 is 2.14 bits per heavy atom. The summed E-state index contributed by atoms with van der Waals surface area (Å²) >= 11 is 4.10. The minimum Gasteiger partial charge on any atom is -0.412 e. The van der Waals surface area contributed by atoms with Gasteiger partial charge in [-0.2, -0.15) is 12.6 Å². The second-order valence-corrected chi connectivity index (χ2v) is 2.31. The molecule has 0 aromatic heterocycles. The van der Waals surface area contributed by atoms with Crippen LogP contribution >= 0.6 is 12.6 Å². The first-order valence-electron chi connectivity index (χ1n) is 2.15. The summed E-state index contributed by atoms with van der Waals surface area (Å²) in [4.78, 5) is 0. The topological polar surface area (TPSA) is 57.5 Å². The quantitative estimate of drug-likeness (QED) is 0.492. The lowest BCUT2D eigenvalue weighted by Gasteiger charge is -1.95. The van der Waals surface area contributed by atoms with Gasteiger partial charge in [0, 0.05) is 5.25 Å².